The molecule has 0 N–H and O–H groups in total. The highest BCUT2D eigenvalue weighted by atomic mass is 35.5. The Balaban J connectivity index is 0.00000341. The molecule has 164 valence electrons. The maximum Gasteiger partial charge on any atom is 0.336 e. The van der Waals surface area contributed by atoms with Crippen LogP contribution in [0, 0.1) is 5.92 Å². The normalized spacial score (nSPS) is 17.7. The van der Waals surface area contributed by atoms with Gasteiger partial charge in [0.1, 0.15) is 5.75 Å². The highest BCUT2D eigenvalue weighted by Crippen LogP contribution is 2.27. The first-order chi connectivity index (χ1) is 14.4. The average Bonchev–Trinajstić information content (AvgIpc) is 2.72. The van der Waals surface area contributed by atoms with Gasteiger partial charge in [-0.25, -0.2) is 4.79 Å². The number of halogens is 2. The van der Waals surface area contributed by atoms with Crippen molar-refractivity contribution in [3.8, 4) is 5.75 Å². The summed E-state index contributed by atoms with van der Waals surface area (Å²) in [5.41, 5.74) is 2.67. The zero-order valence-corrected chi connectivity index (χ0v) is 19.3. The molecule has 0 aliphatic heterocycles. The SMILES string of the molecule is CN(C)CC1CCCC(=Cc2ccc(OC(=O)C=Cc3ccc(Cl)cc3)cc2)C1=O.Cl. The molecule has 0 heterocycles. The van der Waals surface area contributed by atoms with Crippen molar-refractivity contribution < 1.29 is 14.3 Å². The Bertz CT molecular complexity index is 948. The summed E-state index contributed by atoms with van der Waals surface area (Å²) in [5, 5.41) is 0.646. The van der Waals surface area contributed by atoms with Gasteiger partial charge in [0, 0.05) is 23.6 Å². The van der Waals surface area contributed by atoms with E-state index in [2.05, 4.69) is 4.90 Å². The van der Waals surface area contributed by atoms with E-state index in [1.54, 1.807) is 30.3 Å². The number of rotatable bonds is 6. The van der Waals surface area contributed by atoms with Crippen LogP contribution < -0.4 is 4.74 Å². The van der Waals surface area contributed by atoms with E-state index >= 15 is 0 Å². The summed E-state index contributed by atoms with van der Waals surface area (Å²) in [6.45, 7) is 0.786. The van der Waals surface area contributed by atoms with Crippen LogP contribution >= 0.6 is 24.0 Å². The molecule has 0 radical (unpaired) electrons. The summed E-state index contributed by atoms with van der Waals surface area (Å²) >= 11 is 5.85. The van der Waals surface area contributed by atoms with E-state index < -0.39 is 5.97 Å². The second-order valence-electron chi connectivity index (χ2n) is 7.76. The number of allylic oxidation sites excluding steroid dienone is 1. The predicted octanol–water partition coefficient (Wildman–Crippen LogP) is 5.69. The van der Waals surface area contributed by atoms with E-state index in [1.165, 1.54) is 6.08 Å². The number of ketones is 1. The van der Waals surface area contributed by atoms with Crippen molar-refractivity contribution in [1.29, 1.82) is 0 Å². The summed E-state index contributed by atoms with van der Waals surface area (Å²) < 4.78 is 5.34. The van der Waals surface area contributed by atoms with Gasteiger partial charge in [0.2, 0.25) is 0 Å². The second-order valence-corrected chi connectivity index (χ2v) is 8.20. The van der Waals surface area contributed by atoms with Crippen LogP contribution in [0.15, 0.2) is 60.2 Å². The average molecular weight is 460 g/mol. The zero-order chi connectivity index (χ0) is 21.5. The van der Waals surface area contributed by atoms with Gasteiger partial charge in [-0.2, -0.15) is 0 Å². The third-order valence-electron chi connectivity index (χ3n) is 4.99. The number of esters is 1. The lowest BCUT2D eigenvalue weighted by Gasteiger charge is -2.25. The summed E-state index contributed by atoms with van der Waals surface area (Å²) in [7, 11) is 3.99. The quantitative estimate of drug-likeness (QED) is 0.316. The second kappa shape index (κ2) is 11.8. The molecule has 31 heavy (non-hydrogen) atoms. The Morgan fingerprint density at radius 1 is 1.10 bits per heavy atom. The van der Waals surface area contributed by atoms with Gasteiger partial charge in [0.15, 0.2) is 5.78 Å². The zero-order valence-electron chi connectivity index (χ0n) is 17.7. The standard InChI is InChI=1S/C25H26ClNO3.ClH/c1-27(2)17-21-5-3-4-20(25(21)29)16-19-8-13-23(14-9-19)30-24(28)15-10-18-6-11-22(26)12-7-18;/h6-16,21H,3-5,17H2,1-2H3;1H. The predicted molar refractivity (Wildman–Crippen MR) is 129 cm³/mol. The minimum Gasteiger partial charge on any atom is -0.423 e. The molecule has 1 aliphatic rings. The van der Waals surface area contributed by atoms with Crippen LogP contribution in [-0.4, -0.2) is 37.3 Å². The molecule has 4 nitrogen and oxygen atoms in total. The molecule has 0 saturated heterocycles. The fourth-order valence-corrected chi connectivity index (χ4v) is 3.66. The van der Waals surface area contributed by atoms with Gasteiger partial charge in [0.25, 0.3) is 0 Å². The summed E-state index contributed by atoms with van der Waals surface area (Å²) in [5.74, 6) is 0.332. The first-order valence-corrected chi connectivity index (χ1v) is 10.4. The molecule has 3 rings (SSSR count). The Hall–Kier alpha value is -2.40. The molecule has 1 saturated carbocycles. The topological polar surface area (TPSA) is 46.6 Å². The van der Waals surface area contributed by atoms with Gasteiger partial charge in [-0.05, 0) is 86.5 Å². The van der Waals surface area contributed by atoms with Crippen LogP contribution in [0.4, 0.5) is 0 Å². The van der Waals surface area contributed by atoms with Crippen LogP contribution in [0.2, 0.25) is 5.02 Å². The van der Waals surface area contributed by atoms with E-state index in [0.29, 0.717) is 10.8 Å². The number of Topliss-reactive ketones (excluding diaryl/α,β-unsaturated/α-hetero) is 1. The summed E-state index contributed by atoms with van der Waals surface area (Å²) in [6.07, 6.45) is 7.81. The Morgan fingerprint density at radius 3 is 2.39 bits per heavy atom. The van der Waals surface area contributed by atoms with Crippen LogP contribution in [0.3, 0.4) is 0 Å². The minimum absolute atomic E-state index is 0. The number of carbonyl (C=O) groups is 2. The molecule has 2 aromatic carbocycles. The molecule has 1 fully saturated rings. The molecule has 6 heteroatoms. The third-order valence-corrected chi connectivity index (χ3v) is 5.24. The van der Waals surface area contributed by atoms with Crippen LogP contribution in [0.5, 0.6) is 5.75 Å². The molecule has 1 aliphatic carbocycles. The fraction of sp³-hybridized carbons (Fsp3) is 0.280. The van der Waals surface area contributed by atoms with Crippen LogP contribution in [-0.2, 0) is 9.59 Å². The largest absolute Gasteiger partial charge is 0.423 e. The summed E-state index contributed by atoms with van der Waals surface area (Å²) in [6, 6.07) is 14.4. The highest BCUT2D eigenvalue weighted by molar-refractivity contribution is 6.30. The molecule has 1 atom stereocenters. The number of ether oxygens (including phenoxy) is 1. The molecular weight excluding hydrogens is 433 g/mol. The molecule has 0 bridgehead atoms. The van der Waals surface area contributed by atoms with Crippen molar-refractivity contribution in [2.24, 2.45) is 5.92 Å². The lowest BCUT2D eigenvalue weighted by atomic mass is 9.83. The van der Waals surface area contributed by atoms with Gasteiger partial charge in [-0.15, -0.1) is 12.4 Å². The maximum atomic E-state index is 12.7. The fourth-order valence-electron chi connectivity index (χ4n) is 3.54. The number of hydrogen-bond acceptors (Lipinski definition) is 4. The molecule has 0 spiro atoms. The van der Waals surface area contributed by atoms with Crippen molar-refractivity contribution >= 4 is 47.9 Å². The monoisotopic (exact) mass is 459 g/mol. The van der Waals surface area contributed by atoms with Gasteiger partial charge in [-0.1, -0.05) is 35.9 Å². The highest BCUT2D eigenvalue weighted by Gasteiger charge is 2.26. The van der Waals surface area contributed by atoms with Crippen molar-refractivity contribution in [2.75, 3.05) is 20.6 Å². The summed E-state index contributed by atoms with van der Waals surface area (Å²) in [4.78, 5) is 26.8. The molecule has 1 unspecified atom stereocenters. The van der Waals surface area contributed by atoms with Gasteiger partial charge >= 0.3 is 5.97 Å². The van der Waals surface area contributed by atoms with Crippen molar-refractivity contribution in [2.45, 2.75) is 19.3 Å². The third kappa shape index (κ3) is 7.66. The van der Waals surface area contributed by atoms with E-state index in [1.807, 2.05) is 44.4 Å². The number of nitrogens with zero attached hydrogens (tertiary/aromatic N) is 1. The maximum absolute atomic E-state index is 12.7. The van der Waals surface area contributed by atoms with E-state index in [4.69, 9.17) is 16.3 Å². The Labute approximate surface area is 195 Å². The molecule has 0 aromatic heterocycles. The lowest BCUT2D eigenvalue weighted by molar-refractivity contribution is -0.129. The van der Waals surface area contributed by atoms with E-state index in [9.17, 15) is 9.59 Å². The lowest BCUT2D eigenvalue weighted by Crippen LogP contribution is -2.31. The number of benzene rings is 2. The van der Waals surface area contributed by atoms with Gasteiger partial charge in [-0.3, -0.25) is 4.79 Å². The van der Waals surface area contributed by atoms with Crippen molar-refractivity contribution in [3.05, 3.63) is 76.3 Å². The van der Waals surface area contributed by atoms with E-state index in [0.717, 1.165) is 42.5 Å². The van der Waals surface area contributed by atoms with Crippen LogP contribution in [0.25, 0.3) is 12.2 Å². The first-order valence-electron chi connectivity index (χ1n) is 10.1. The Morgan fingerprint density at radius 2 is 1.74 bits per heavy atom. The number of hydrogen-bond donors (Lipinski definition) is 0. The molecule has 0 amide bonds. The van der Waals surface area contributed by atoms with Crippen molar-refractivity contribution in [3.63, 3.8) is 0 Å². The molecule has 2 aromatic rings. The van der Waals surface area contributed by atoms with Crippen molar-refractivity contribution in [1.82, 2.24) is 4.90 Å². The smallest absolute Gasteiger partial charge is 0.336 e. The molecular formula is C25H27Cl2NO3. The van der Waals surface area contributed by atoms with Gasteiger partial charge in [0.05, 0.1) is 0 Å². The van der Waals surface area contributed by atoms with Crippen LogP contribution in [0.1, 0.15) is 30.4 Å². The first kappa shape index (κ1) is 24.9. The Kier molecular flexibility index (Phi) is 9.50. The van der Waals surface area contributed by atoms with Gasteiger partial charge < -0.3 is 9.64 Å². The number of carbonyl (C=O) groups excluding carboxylic acids is 2. The minimum atomic E-state index is -0.454. The van der Waals surface area contributed by atoms with E-state index in [-0.39, 0.29) is 24.1 Å².